The zero-order chi connectivity index (χ0) is 10.7. The number of hydrogen-bond donors (Lipinski definition) is 2. The molecule has 1 atom stereocenters. The Labute approximate surface area is 88.2 Å². The summed E-state index contributed by atoms with van der Waals surface area (Å²) in [5.41, 5.74) is 1.34. The summed E-state index contributed by atoms with van der Waals surface area (Å²) in [5.74, 6) is 0.168. The van der Waals surface area contributed by atoms with Crippen LogP contribution in [0.5, 0.6) is 0 Å². The largest absolute Gasteiger partial charge is 0.364 e. The maximum atomic E-state index is 11.5. The van der Waals surface area contributed by atoms with Crippen LogP contribution in [-0.2, 0) is 0 Å². The van der Waals surface area contributed by atoms with Crippen molar-refractivity contribution in [1.29, 1.82) is 0 Å². The van der Waals surface area contributed by atoms with Gasteiger partial charge in [0, 0.05) is 19.5 Å². The van der Waals surface area contributed by atoms with Crippen LogP contribution in [0.25, 0.3) is 0 Å². The molecule has 15 heavy (non-hydrogen) atoms. The van der Waals surface area contributed by atoms with Crippen molar-refractivity contribution in [2.24, 2.45) is 0 Å². The van der Waals surface area contributed by atoms with Crippen LogP contribution in [0.4, 0.5) is 0 Å². The van der Waals surface area contributed by atoms with Gasteiger partial charge in [-0.05, 0) is 19.4 Å². The Balaban J connectivity index is 2.19. The van der Waals surface area contributed by atoms with E-state index in [4.69, 9.17) is 4.52 Å². The number of hydrogen-bond acceptors (Lipinski definition) is 4. The molecule has 5 heteroatoms. The van der Waals surface area contributed by atoms with Crippen LogP contribution < -0.4 is 10.6 Å². The number of nitrogens with zero attached hydrogens (tertiary/aromatic N) is 1. The molecule has 0 spiro atoms. The van der Waals surface area contributed by atoms with Crippen molar-refractivity contribution in [3.05, 3.63) is 17.5 Å². The average Bonchev–Trinajstić information content (AvgIpc) is 2.78. The van der Waals surface area contributed by atoms with Gasteiger partial charge >= 0.3 is 0 Å². The summed E-state index contributed by atoms with van der Waals surface area (Å²) in [5, 5.41) is 9.81. The molecule has 1 aliphatic heterocycles. The van der Waals surface area contributed by atoms with Crippen LogP contribution >= 0.6 is 0 Å². The Bertz CT molecular complexity index is 342. The predicted octanol–water partition coefficient (Wildman–Crippen LogP) is 0.501. The first-order valence-electron chi connectivity index (χ1n) is 5.20. The molecule has 2 N–H and O–H groups in total. The van der Waals surface area contributed by atoms with Crippen LogP contribution in [0.15, 0.2) is 10.8 Å². The van der Waals surface area contributed by atoms with Crippen LogP contribution in [0, 0.1) is 0 Å². The summed E-state index contributed by atoms with van der Waals surface area (Å²) < 4.78 is 4.88. The summed E-state index contributed by atoms with van der Waals surface area (Å²) >= 11 is 0. The lowest BCUT2D eigenvalue weighted by molar-refractivity contribution is 0.0961. The third kappa shape index (κ3) is 2.02. The Morgan fingerprint density at radius 1 is 1.73 bits per heavy atom. The first kappa shape index (κ1) is 10.2. The summed E-state index contributed by atoms with van der Waals surface area (Å²) in [6, 6.07) is 0. The zero-order valence-corrected chi connectivity index (χ0v) is 8.75. The van der Waals surface area contributed by atoms with Gasteiger partial charge in [0.05, 0.1) is 0 Å². The van der Waals surface area contributed by atoms with Gasteiger partial charge < -0.3 is 15.2 Å². The molecule has 0 bridgehead atoms. The van der Waals surface area contributed by atoms with E-state index in [1.807, 2.05) is 0 Å². The number of nitrogens with one attached hydrogen (secondary N) is 2. The molecule has 1 saturated heterocycles. The van der Waals surface area contributed by atoms with Gasteiger partial charge in [-0.3, -0.25) is 4.79 Å². The predicted molar refractivity (Wildman–Crippen MR) is 54.7 cm³/mol. The molecule has 0 unspecified atom stereocenters. The highest BCUT2D eigenvalue weighted by Gasteiger charge is 2.24. The van der Waals surface area contributed by atoms with Crippen LogP contribution in [0.2, 0.25) is 0 Å². The van der Waals surface area contributed by atoms with Gasteiger partial charge in [-0.2, -0.15) is 0 Å². The number of carbonyl (C=O) groups is 1. The van der Waals surface area contributed by atoms with Gasteiger partial charge in [0.2, 0.25) is 0 Å². The number of aromatic nitrogens is 1. The maximum absolute atomic E-state index is 11.5. The van der Waals surface area contributed by atoms with Crippen LogP contribution in [-0.4, -0.2) is 31.2 Å². The quantitative estimate of drug-likeness (QED) is 0.744. The molecule has 1 fully saturated rings. The second-order valence-corrected chi connectivity index (χ2v) is 3.74. The van der Waals surface area contributed by atoms with E-state index >= 15 is 0 Å². The number of carbonyl (C=O) groups excluding carboxylic acids is 1. The third-order valence-electron chi connectivity index (χ3n) is 2.75. The maximum Gasteiger partial charge on any atom is 0.256 e. The summed E-state index contributed by atoms with van der Waals surface area (Å²) in [6.07, 6.45) is 3.59. The van der Waals surface area contributed by atoms with Gasteiger partial charge in [0.15, 0.2) is 0 Å². The van der Waals surface area contributed by atoms with E-state index in [1.54, 1.807) is 7.05 Å². The van der Waals surface area contributed by atoms with Gasteiger partial charge in [-0.25, -0.2) is 0 Å². The second kappa shape index (κ2) is 4.44. The Morgan fingerprint density at radius 2 is 2.60 bits per heavy atom. The number of amides is 1. The van der Waals surface area contributed by atoms with Crippen molar-refractivity contribution >= 4 is 5.91 Å². The SMILES string of the molecule is CNC(=O)c1conc1[C@@H]1CCCNC1. The van der Waals surface area contributed by atoms with Crippen LogP contribution in [0.1, 0.15) is 34.8 Å². The monoisotopic (exact) mass is 209 g/mol. The van der Waals surface area contributed by atoms with E-state index in [-0.39, 0.29) is 5.91 Å². The zero-order valence-electron chi connectivity index (χ0n) is 8.75. The molecular weight excluding hydrogens is 194 g/mol. The fourth-order valence-corrected chi connectivity index (χ4v) is 1.93. The smallest absolute Gasteiger partial charge is 0.256 e. The first-order valence-corrected chi connectivity index (χ1v) is 5.20. The van der Waals surface area contributed by atoms with E-state index in [0.29, 0.717) is 11.5 Å². The lowest BCUT2D eigenvalue weighted by atomic mass is 9.93. The molecule has 1 aliphatic rings. The lowest BCUT2D eigenvalue weighted by Crippen LogP contribution is -2.30. The van der Waals surface area contributed by atoms with Crippen molar-refractivity contribution in [3.8, 4) is 0 Å². The number of piperidine rings is 1. The third-order valence-corrected chi connectivity index (χ3v) is 2.75. The Kier molecular flexibility index (Phi) is 3.01. The van der Waals surface area contributed by atoms with Gasteiger partial charge in [-0.15, -0.1) is 0 Å². The van der Waals surface area contributed by atoms with E-state index in [0.717, 1.165) is 31.6 Å². The normalized spacial score (nSPS) is 21.3. The summed E-state index contributed by atoms with van der Waals surface area (Å²) in [6.45, 7) is 1.92. The minimum absolute atomic E-state index is 0.128. The van der Waals surface area contributed by atoms with Crippen LogP contribution in [0.3, 0.4) is 0 Å². The lowest BCUT2D eigenvalue weighted by Gasteiger charge is -2.21. The molecule has 82 valence electrons. The van der Waals surface area contributed by atoms with E-state index in [1.165, 1.54) is 6.26 Å². The fraction of sp³-hybridized carbons (Fsp3) is 0.600. The topological polar surface area (TPSA) is 67.2 Å². The van der Waals surface area contributed by atoms with Gasteiger partial charge in [0.1, 0.15) is 17.5 Å². The van der Waals surface area contributed by atoms with E-state index in [9.17, 15) is 4.79 Å². The minimum Gasteiger partial charge on any atom is -0.364 e. The Hall–Kier alpha value is -1.36. The van der Waals surface area contributed by atoms with Crippen molar-refractivity contribution in [2.45, 2.75) is 18.8 Å². The first-order chi connectivity index (χ1) is 7.33. The second-order valence-electron chi connectivity index (χ2n) is 3.74. The molecule has 5 nitrogen and oxygen atoms in total. The van der Waals surface area contributed by atoms with Gasteiger partial charge in [0.25, 0.3) is 5.91 Å². The standard InChI is InChI=1S/C10H15N3O2/c1-11-10(14)8-6-15-13-9(8)7-3-2-4-12-5-7/h6-7,12H,2-5H2,1H3,(H,11,14)/t7-/m1/s1. The fourth-order valence-electron chi connectivity index (χ4n) is 1.93. The highest BCUT2D eigenvalue weighted by molar-refractivity contribution is 5.94. The highest BCUT2D eigenvalue weighted by atomic mass is 16.5. The molecule has 1 aromatic rings. The Morgan fingerprint density at radius 3 is 3.27 bits per heavy atom. The number of rotatable bonds is 2. The van der Waals surface area contributed by atoms with Crippen molar-refractivity contribution in [2.75, 3.05) is 20.1 Å². The van der Waals surface area contributed by atoms with Crippen molar-refractivity contribution in [3.63, 3.8) is 0 Å². The summed E-state index contributed by atoms with van der Waals surface area (Å²) in [4.78, 5) is 11.5. The van der Waals surface area contributed by atoms with E-state index in [2.05, 4.69) is 15.8 Å². The van der Waals surface area contributed by atoms with Crippen molar-refractivity contribution in [1.82, 2.24) is 15.8 Å². The molecule has 0 radical (unpaired) electrons. The van der Waals surface area contributed by atoms with E-state index < -0.39 is 0 Å². The molecule has 2 heterocycles. The molecule has 0 aliphatic carbocycles. The molecular formula is C10H15N3O2. The minimum atomic E-state index is -0.128. The summed E-state index contributed by atoms with van der Waals surface area (Å²) in [7, 11) is 1.61. The molecule has 1 aromatic heterocycles. The average molecular weight is 209 g/mol. The van der Waals surface area contributed by atoms with Gasteiger partial charge in [-0.1, -0.05) is 5.16 Å². The molecule has 0 aromatic carbocycles. The molecule has 2 rings (SSSR count). The highest BCUT2D eigenvalue weighted by Crippen LogP contribution is 2.24. The van der Waals surface area contributed by atoms with Crippen molar-refractivity contribution < 1.29 is 9.32 Å². The molecule has 1 amide bonds. The molecule has 0 saturated carbocycles.